The van der Waals surface area contributed by atoms with Crippen LogP contribution in [0.25, 0.3) is 0 Å². The van der Waals surface area contributed by atoms with E-state index in [9.17, 15) is 4.79 Å². The van der Waals surface area contributed by atoms with E-state index in [0.29, 0.717) is 18.1 Å². The van der Waals surface area contributed by atoms with Crippen LogP contribution in [0.2, 0.25) is 0 Å². The molecule has 5 heteroatoms. The van der Waals surface area contributed by atoms with Gasteiger partial charge < -0.3 is 20.1 Å². The van der Waals surface area contributed by atoms with Crippen LogP contribution in [0.1, 0.15) is 73.1 Å². The van der Waals surface area contributed by atoms with E-state index in [1.165, 1.54) is 0 Å². The molecule has 2 fully saturated rings. The molecule has 2 bridgehead atoms. The van der Waals surface area contributed by atoms with Crippen molar-refractivity contribution >= 4 is 6.09 Å². The maximum atomic E-state index is 12.5. The monoisotopic (exact) mass is 340 g/mol. The molecular formula is C19H36N2O3. The summed E-state index contributed by atoms with van der Waals surface area (Å²) in [5, 5.41) is 12.7. The molecule has 0 saturated carbocycles. The first-order valence-electron chi connectivity index (χ1n) is 9.47. The van der Waals surface area contributed by atoms with Crippen LogP contribution in [0, 0.1) is 5.41 Å². The van der Waals surface area contributed by atoms with E-state index in [2.05, 4.69) is 19.2 Å². The van der Waals surface area contributed by atoms with E-state index < -0.39 is 5.60 Å². The average Bonchev–Trinajstić information content (AvgIpc) is 2.73. The number of fused-ring (bicyclic) bond motifs is 2. The topological polar surface area (TPSA) is 61.8 Å². The van der Waals surface area contributed by atoms with Gasteiger partial charge in [-0.1, -0.05) is 13.8 Å². The predicted molar refractivity (Wildman–Crippen MR) is 96.0 cm³/mol. The Morgan fingerprint density at radius 1 is 1.17 bits per heavy atom. The molecule has 2 saturated heterocycles. The van der Waals surface area contributed by atoms with E-state index in [1.807, 2.05) is 25.7 Å². The van der Waals surface area contributed by atoms with Crippen LogP contribution in [0.3, 0.4) is 0 Å². The van der Waals surface area contributed by atoms with Crippen molar-refractivity contribution < 1.29 is 14.6 Å². The summed E-state index contributed by atoms with van der Waals surface area (Å²) in [7, 11) is 0. The summed E-state index contributed by atoms with van der Waals surface area (Å²) in [4.78, 5) is 14.5. The fourth-order valence-corrected chi connectivity index (χ4v) is 4.02. The molecule has 2 atom stereocenters. The number of hydrogen-bond acceptors (Lipinski definition) is 4. The Labute approximate surface area is 147 Å². The smallest absolute Gasteiger partial charge is 0.410 e. The molecule has 140 valence electrons. The highest BCUT2D eigenvalue weighted by Gasteiger charge is 2.44. The molecule has 0 aromatic carbocycles. The van der Waals surface area contributed by atoms with Crippen LogP contribution in [-0.2, 0) is 4.74 Å². The second-order valence-electron chi connectivity index (χ2n) is 9.31. The molecule has 2 unspecified atom stereocenters. The summed E-state index contributed by atoms with van der Waals surface area (Å²) >= 11 is 0. The number of rotatable bonds is 6. The van der Waals surface area contributed by atoms with Gasteiger partial charge in [0.15, 0.2) is 0 Å². The molecule has 0 aliphatic carbocycles. The number of aliphatic hydroxyl groups is 1. The van der Waals surface area contributed by atoms with Gasteiger partial charge in [-0.15, -0.1) is 0 Å². The summed E-state index contributed by atoms with van der Waals surface area (Å²) < 4.78 is 5.59. The van der Waals surface area contributed by atoms with E-state index >= 15 is 0 Å². The molecule has 2 rings (SSSR count). The number of aliphatic hydroxyl groups excluding tert-OH is 1. The lowest BCUT2D eigenvalue weighted by molar-refractivity contribution is 0.00431. The molecule has 0 aromatic heterocycles. The lowest BCUT2D eigenvalue weighted by Gasteiger charge is -2.40. The number of nitrogens with one attached hydrogen (secondary N) is 1. The number of nitrogens with zero attached hydrogens (tertiary/aromatic N) is 1. The van der Waals surface area contributed by atoms with Crippen LogP contribution in [-0.4, -0.2) is 53.0 Å². The standard InChI is InChI=1S/C19H36N2O3/c1-18(2,3)24-17(23)21-15-7-8-16(21)12-14(11-15)20-13-19(4,5)9-6-10-22/h14-16,20,22H,6-13H2,1-5H3. The maximum Gasteiger partial charge on any atom is 0.410 e. The number of amides is 1. The minimum Gasteiger partial charge on any atom is -0.444 e. The molecule has 1 amide bonds. The van der Waals surface area contributed by atoms with Gasteiger partial charge in [0.2, 0.25) is 0 Å². The van der Waals surface area contributed by atoms with Gasteiger partial charge in [0.1, 0.15) is 5.60 Å². The number of piperidine rings is 1. The van der Waals surface area contributed by atoms with Crippen molar-refractivity contribution in [2.75, 3.05) is 13.2 Å². The molecule has 2 heterocycles. The van der Waals surface area contributed by atoms with Crippen molar-refractivity contribution in [1.82, 2.24) is 10.2 Å². The molecule has 2 N–H and O–H groups in total. The zero-order valence-electron chi connectivity index (χ0n) is 16.1. The molecule has 0 spiro atoms. The van der Waals surface area contributed by atoms with Crippen LogP contribution >= 0.6 is 0 Å². The van der Waals surface area contributed by atoms with Gasteiger partial charge in [-0.05, 0) is 64.7 Å². The Hall–Kier alpha value is -0.810. The molecule has 24 heavy (non-hydrogen) atoms. The van der Waals surface area contributed by atoms with E-state index in [0.717, 1.165) is 45.1 Å². The lowest BCUT2D eigenvalue weighted by atomic mass is 9.87. The Kier molecular flexibility index (Phi) is 6.19. The molecule has 2 aliphatic rings. The molecule has 2 aliphatic heterocycles. The summed E-state index contributed by atoms with van der Waals surface area (Å²) in [6.07, 6.45) is 5.97. The van der Waals surface area contributed by atoms with Crippen molar-refractivity contribution in [3.8, 4) is 0 Å². The van der Waals surface area contributed by atoms with E-state index in [4.69, 9.17) is 9.84 Å². The second kappa shape index (κ2) is 7.61. The van der Waals surface area contributed by atoms with Crippen LogP contribution in [0.5, 0.6) is 0 Å². The van der Waals surface area contributed by atoms with E-state index in [1.54, 1.807) is 0 Å². The van der Waals surface area contributed by atoms with Crippen molar-refractivity contribution in [2.24, 2.45) is 5.41 Å². The second-order valence-corrected chi connectivity index (χ2v) is 9.31. The molecule has 0 radical (unpaired) electrons. The fraction of sp³-hybridized carbons (Fsp3) is 0.947. The third kappa shape index (κ3) is 5.35. The number of hydrogen-bond donors (Lipinski definition) is 2. The maximum absolute atomic E-state index is 12.5. The minimum absolute atomic E-state index is 0.142. The van der Waals surface area contributed by atoms with Crippen LogP contribution < -0.4 is 5.32 Å². The van der Waals surface area contributed by atoms with Gasteiger partial charge in [-0.25, -0.2) is 4.79 Å². The quantitative estimate of drug-likeness (QED) is 0.779. The van der Waals surface area contributed by atoms with Crippen LogP contribution in [0.4, 0.5) is 4.79 Å². The normalized spacial score (nSPS) is 27.4. The third-order valence-corrected chi connectivity index (χ3v) is 5.22. The molecular weight excluding hydrogens is 304 g/mol. The van der Waals surface area contributed by atoms with Crippen molar-refractivity contribution in [3.05, 3.63) is 0 Å². The van der Waals surface area contributed by atoms with Gasteiger partial charge in [0.05, 0.1) is 0 Å². The summed E-state index contributed by atoms with van der Waals surface area (Å²) in [5.41, 5.74) is -0.230. The zero-order chi connectivity index (χ0) is 18.0. The first-order valence-corrected chi connectivity index (χ1v) is 9.47. The Balaban J connectivity index is 1.85. The van der Waals surface area contributed by atoms with Gasteiger partial charge in [0.25, 0.3) is 0 Å². The van der Waals surface area contributed by atoms with Gasteiger partial charge >= 0.3 is 6.09 Å². The van der Waals surface area contributed by atoms with Crippen molar-refractivity contribution in [1.29, 1.82) is 0 Å². The number of carbonyl (C=O) groups excluding carboxylic acids is 1. The Morgan fingerprint density at radius 2 is 1.75 bits per heavy atom. The summed E-state index contributed by atoms with van der Waals surface area (Å²) in [5.74, 6) is 0. The first-order chi connectivity index (χ1) is 11.1. The van der Waals surface area contributed by atoms with Gasteiger partial charge in [-0.3, -0.25) is 0 Å². The summed E-state index contributed by atoms with van der Waals surface area (Å²) in [6, 6.07) is 1.11. The van der Waals surface area contributed by atoms with Crippen molar-refractivity contribution in [3.63, 3.8) is 0 Å². The van der Waals surface area contributed by atoms with Crippen molar-refractivity contribution in [2.45, 2.75) is 96.9 Å². The average molecular weight is 341 g/mol. The largest absolute Gasteiger partial charge is 0.444 e. The molecule has 5 nitrogen and oxygen atoms in total. The fourth-order valence-electron chi connectivity index (χ4n) is 4.02. The van der Waals surface area contributed by atoms with Crippen LogP contribution in [0.15, 0.2) is 0 Å². The highest BCUT2D eigenvalue weighted by atomic mass is 16.6. The predicted octanol–water partition coefficient (Wildman–Crippen LogP) is 3.31. The van der Waals surface area contributed by atoms with E-state index in [-0.39, 0.29) is 18.1 Å². The highest BCUT2D eigenvalue weighted by Crippen LogP contribution is 2.37. The SMILES string of the molecule is CC(C)(CCCO)CNC1CC2CCC(C1)N2C(=O)OC(C)(C)C. The minimum atomic E-state index is -0.428. The summed E-state index contributed by atoms with van der Waals surface area (Å²) in [6.45, 7) is 11.5. The molecule has 0 aromatic rings. The van der Waals surface area contributed by atoms with Gasteiger partial charge in [0, 0.05) is 31.3 Å². The zero-order valence-corrected chi connectivity index (χ0v) is 16.1. The number of carbonyl (C=O) groups is 1. The Bertz CT molecular complexity index is 417. The Morgan fingerprint density at radius 3 is 2.25 bits per heavy atom. The van der Waals surface area contributed by atoms with Gasteiger partial charge in [-0.2, -0.15) is 0 Å². The lowest BCUT2D eigenvalue weighted by Crippen LogP contribution is -2.53. The highest BCUT2D eigenvalue weighted by molar-refractivity contribution is 5.69. The first kappa shape index (κ1) is 19.5. The number of ether oxygens (including phenoxy) is 1. The third-order valence-electron chi connectivity index (χ3n) is 5.22.